The fourth-order valence-electron chi connectivity index (χ4n) is 5.70. The molecule has 0 saturated carbocycles. The smallest absolute Gasteiger partial charge is 0.408 e. The number of alkyl carbamates (subject to hydrolysis) is 1. The van der Waals surface area contributed by atoms with Gasteiger partial charge in [0.2, 0.25) is 11.8 Å². The molecule has 1 aromatic heterocycles. The number of hydrogen-bond acceptors (Lipinski definition) is 10. The third kappa shape index (κ3) is 6.62. The number of esters is 1. The number of thioether (sulfide) groups is 1. The number of hydrogen-bond donors (Lipinski definition) is 1. The molecule has 48 heavy (non-hydrogen) atoms. The SMILES string of the molecule is CC(=O)N(c1cccs1)C1C(=O)N2CC(NC(=O)OCc3ccc([N+](=O)[O-])cc3)(C(=O)OC(c3ccccc3)c3ccccc3)CS[C@H]12. The third-order valence-corrected chi connectivity index (χ3v) is 10.5. The number of carbonyl (C=O) groups is 4. The third-order valence-electron chi connectivity index (χ3n) is 8.09. The van der Waals surface area contributed by atoms with E-state index < -0.39 is 40.0 Å². The van der Waals surface area contributed by atoms with Gasteiger partial charge in [0.1, 0.15) is 18.0 Å². The molecule has 3 atom stereocenters. The van der Waals surface area contributed by atoms with Crippen LogP contribution in [0.1, 0.15) is 29.7 Å². The maximum atomic E-state index is 14.3. The minimum atomic E-state index is -1.71. The molecule has 3 aromatic carbocycles. The Bertz CT molecular complexity index is 1770. The van der Waals surface area contributed by atoms with E-state index in [1.165, 1.54) is 64.1 Å². The van der Waals surface area contributed by atoms with Gasteiger partial charge >= 0.3 is 12.1 Å². The quantitative estimate of drug-likeness (QED) is 0.102. The summed E-state index contributed by atoms with van der Waals surface area (Å²) in [6.07, 6.45) is -1.75. The van der Waals surface area contributed by atoms with Crippen molar-refractivity contribution in [1.82, 2.24) is 10.2 Å². The molecule has 2 saturated heterocycles. The molecule has 14 heteroatoms. The Kier molecular flexibility index (Phi) is 9.46. The van der Waals surface area contributed by atoms with E-state index in [0.717, 1.165) is 0 Å². The van der Waals surface area contributed by atoms with Crippen LogP contribution >= 0.6 is 23.1 Å². The van der Waals surface area contributed by atoms with E-state index in [1.807, 2.05) is 66.0 Å². The zero-order valence-corrected chi connectivity index (χ0v) is 27.2. The number of benzene rings is 3. The second kappa shape index (κ2) is 13.9. The van der Waals surface area contributed by atoms with Gasteiger partial charge in [-0.15, -0.1) is 23.1 Å². The Morgan fingerprint density at radius 3 is 2.21 bits per heavy atom. The highest BCUT2D eigenvalue weighted by Gasteiger charge is 2.61. The molecule has 12 nitrogen and oxygen atoms in total. The molecule has 0 spiro atoms. The van der Waals surface area contributed by atoms with Crippen LogP contribution in [-0.2, 0) is 30.5 Å². The van der Waals surface area contributed by atoms with Gasteiger partial charge in [0.05, 0.1) is 16.5 Å². The summed E-state index contributed by atoms with van der Waals surface area (Å²) < 4.78 is 11.6. The molecule has 3 heterocycles. The molecule has 0 bridgehead atoms. The first-order chi connectivity index (χ1) is 23.2. The number of carbonyl (C=O) groups excluding carboxylic acids is 4. The number of amides is 3. The van der Waals surface area contributed by atoms with Crippen molar-refractivity contribution >= 4 is 57.7 Å². The normalized spacial score (nSPS) is 19.9. The first-order valence-electron chi connectivity index (χ1n) is 14.9. The zero-order valence-electron chi connectivity index (χ0n) is 25.6. The molecule has 2 aliphatic heterocycles. The summed E-state index contributed by atoms with van der Waals surface area (Å²) in [6.45, 7) is 0.971. The Morgan fingerprint density at radius 1 is 1.00 bits per heavy atom. The van der Waals surface area contributed by atoms with Crippen LogP contribution in [0.4, 0.5) is 15.5 Å². The van der Waals surface area contributed by atoms with E-state index in [0.29, 0.717) is 21.7 Å². The van der Waals surface area contributed by atoms with Crippen molar-refractivity contribution < 1.29 is 33.6 Å². The maximum Gasteiger partial charge on any atom is 0.408 e. The number of non-ortho nitro benzene ring substituents is 1. The Balaban J connectivity index is 1.26. The lowest BCUT2D eigenvalue weighted by Gasteiger charge is -2.56. The summed E-state index contributed by atoms with van der Waals surface area (Å²) in [7, 11) is 0. The van der Waals surface area contributed by atoms with Crippen LogP contribution in [0.25, 0.3) is 0 Å². The molecular weight excluding hydrogens is 657 g/mol. The van der Waals surface area contributed by atoms with Gasteiger partial charge in [-0.3, -0.25) is 24.6 Å². The first-order valence-corrected chi connectivity index (χ1v) is 16.8. The van der Waals surface area contributed by atoms with E-state index >= 15 is 0 Å². The van der Waals surface area contributed by atoms with Gasteiger partial charge in [-0.2, -0.15) is 0 Å². The fraction of sp³-hybridized carbons (Fsp3) is 0.235. The predicted octanol–water partition coefficient (Wildman–Crippen LogP) is 5.29. The van der Waals surface area contributed by atoms with Gasteiger partial charge in [0.25, 0.3) is 5.69 Å². The van der Waals surface area contributed by atoms with Crippen LogP contribution in [0.3, 0.4) is 0 Å². The topological polar surface area (TPSA) is 148 Å². The largest absolute Gasteiger partial charge is 0.451 e. The highest BCUT2D eigenvalue weighted by atomic mass is 32.2. The minimum absolute atomic E-state index is 0.0237. The molecule has 4 aromatic rings. The van der Waals surface area contributed by atoms with Crippen LogP contribution < -0.4 is 10.2 Å². The van der Waals surface area contributed by atoms with Gasteiger partial charge in [-0.05, 0) is 46.3 Å². The van der Waals surface area contributed by atoms with Crippen LogP contribution in [0.15, 0.2) is 102 Å². The van der Waals surface area contributed by atoms with Crippen LogP contribution in [0.2, 0.25) is 0 Å². The van der Waals surface area contributed by atoms with Gasteiger partial charge in [-0.25, -0.2) is 9.59 Å². The second-order valence-corrected chi connectivity index (χ2v) is 13.3. The van der Waals surface area contributed by atoms with E-state index in [4.69, 9.17) is 9.47 Å². The van der Waals surface area contributed by atoms with Gasteiger partial charge in [0.15, 0.2) is 11.6 Å². The first kappa shape index (κ1) is 32.7. The van der Waals surface area contributed by atoms with Crippen molar-refractivity contribution in [1.29, 1.82) is 0 Å². The molecule has 0 aliphatic carbocycles. The number of fused-ring (bicyclic) bond motifs is 1. The number of thiophene rings is 1. The molecule has 6 rings (SSSR count). The average Bonchev–Trinajstić information content (AvgIpc) is 3.64. The fourth-order valence-corrected chi connectivity index (χ4v) is 8.02. The number of β-lactam (4-membered cyclic amide) rings is 1. The van der Waals surface area contributed by atoms with E-state index in [9.17, 15) is 29.3 Å². The van der Waals surface area contributed by atoms with E-state index in [1.54, 1.807) is 12.1 Å². The summed E-state index contributed by atoms with van der Waals surface area (Å²) in [5, 5.41) is 15.7. The molecule has 2 aliphatic rings. The van der Waals surface area contributed by atoms with Gasteiger partial charge < -0.3 is 19.7 Å². The molecule has 0 radical (unpaired) electrons. The van der Waals surface area contributed by atoms with Crippen molar-refractivity contribution in [3.63, 3.8) is 0 Å². The number of nitrogens with one attached hydrogen (secondary N) is 1. The van der Waals surface area contributed by atoms with Crippen LogP contribution in [0, 0.1) is 10.1 Å². The lowest BCUT2D eigenvalue weighted by Crippen LogP contribution is -2.78. The van der Waals surface area contributed by atoms with Crippen molar-refractivity contribution in [2.45, 2.75) is 36.6 Å². The number of anilines is 1. The summed E-state index contributed by atoms with van der Waals surface area (Å²) in [4.78, 5) is 67.4. The van der Waals surface area contributed by atoms with E-state index in [-0.39, 0.29) is 36.4 Å². The van der Waals surface area contributed by atoms with Crippen LogP contribution in [0.5, 0.6) is 0 Å². The van der Waals surface area contributed by atoms with Crippen molar-refractivity contribution in [2.75, 3.05) is 17.2 Å². The average molecular weight is 687 g/mol. The Labute approximate surface area is 283 Å². The molecule has 1 N–H and O–H groups in total. The Morgan fingerprint density at radius 2 is 1.65 bits per heavy atom. The summed E-state index contributed by atoms with van der Waals surface area (Å²) in [6, 6.07) is 26.7. The standard InChI is InChI=1S/C34H30N4O8S2/c1-22(39)37(27-13-8-18-47-27)28-30(40)36-20-34(21-48-31(28)36,35-33(42)45-19-23-14-16-26(17-15-23)38(43)44)32(41)46-29(24-9-4-2-5-10-24)25-11-6-3-7-12-25/h2-18,28-29,31H,19-21H2,1H3,(H,35,42)/t28?,31-,34?/m1/s1. The molecule has 2 unspecified atom stereocenters. The van der Waals surface area contributed by atoms with Crippen molar-refractivity contribution in [3.05, 3.63) is 129 Å². The summed E-state index contributed by atoms with van der Waals surface area (Å²) in [5.74, 6) is -1.39. The summed E-state index contributed by atoms with van der Waals surface area (Å²) in [5.41, 5.74) is 0.104. The number of ether oxygens (including phenoxy) is 2. The number of nitro groups is 1. The second-order valence-electron chi connectivity index (χ2n) is 11.3. The van der Waals surface area contributed by atoms with Gasteiger partial charge in [-0.1, -0.05) is 60.7 Å². The molecule has 3 amide bonds. The minimum Gasteiger partial charge on any atom is -0.451 e. The van der Waals surface area contributed by atoms with Gasteiger partial charge in [0, 0.05) is 24.8 Å². The lowest BCUT2D eigenvalue weighted by molar-refractivity contribution is -0.384. The number of nitro benzene ring substituents is 1. The predicted molar refractivity (Wildman–Crippen MR) is 179 cm³/mol. The number of rotatable bonds is 10. The zero-order chi connectivity index (χ0) is 33.8. The molecule has 246 valence electrons. The lowest BCUT2D eigenvalue weighted by atomic mass is 9.95. The highest BCUT2D eigenvalue weighted by molar-refractivity contribution is 8.00. The Hall–Kier alpha value is -5.21. The highest BCUT2D eigenvalue weighted by Crippen LogP contribution is 2.43. The van der Waals surface area contributed by atoms with Crippen molar-refractivity contribution in [2.24, 2.45) is 0 Å². The summed E-state index contributed by atoms with van der Waals surface area (Å²) >= 11 is 2.61. The number of nitrogens with zero attached hydrogens (tertiary/aromatic N) is 3. The maximum absolute atomic E-state index is 14.3. The van der Waals surface area contributed by atoms with Crippen molar-refractivity contribution in [3.8, 4) is 0 Å². The molecule has 2 fully saturated rings. The van der Waals surface area contributed by atoms with E-state index in [2.05, 4.69) is 5.32 Å². The molecular formula is C34H30N4O8S2. The monoisotopic (exact) mass is 686 g/mol. The van der Waals surface area contributed by atoms with Crippen LogP contribution in [-0.4, -0.2) is 63.0 Å².